The number of rotatable bonds is 4. The summed E-state index contributed by atoms with van der Waals surface area (Å²) in [7, 11) is 0. The van der Waals surface area contributed by atoms with Crippen LogP contribution in [0.3, 0.4) is 0 Å². The summed E-state index contributed by atoms with van der Waals surface area (Å²) in [6.45, 7) is 2.76. The van der Waals surface area contributed by atoms with Crippen molar-refractivity contribution < 1.29 is 13.6 Å². The molecule has 1 fully saturated rings. The van der Waals surface area contributed by atoms with Crippen LogP contribution in [0.2, 0.25) is 0 Å². The molecule has 0 saturated carbocycles. The molecule has 3 heterocycles. The van der Waals surface area contributed by atoms with Gasteiger partial charge >= 0.3 is 0 Å². The number of pyridine rings is 2. The number of nitrogens with zero attached hydrogens (tertiary/aromatic N) is 3. The average Bonchev–Trinajstić information content (AvgIpc) is 2.73. The Labute approximate surface area is 168 Å². The number of likely N-dealkylation sites (tertiary alicyclic amines) is 1. The standard InChI is InChI=1S/C23H23F2N3O/c1-2-15-5-6-28(14-22(15)25)23(29)10-21-9-18-7-16(3-4-17(18)12-27-21)19-8-20(24)13-26-11-19/h3-4,7-9,11-13,15,22H,2,5-6,10,14H2,1H3/t15-,22-/m0/s1. The van der Waals surface area contributed by atoms with Crippen LogP contribution in [0.5, 0.6) is 0 Å². The third-order valence-corrected chi connectivity index (χ3v) is 5.70. The van der Waals surface area contributed by atoms with E-state index in [2.05, 4.69) is 9.97 Å². The van der Waals surface area contributed by atoms with Crippen LogP contribution in [0.4, 0.5) is 8.78 Å². The van der Waals surface area contributed by atoms with Crippen molar-refractivity contribution in [3.8, 4) is 11.1 Å². The number of benzene rings is 1. The third kappa shape index (κ3) is 4.26. The minimum Gasteiger partial charge on any atom is -0.339 e. The Morgan fingerprint density at radius 2 is 2.00 bits per heavy atom. The molecule has 3 aromatic rings. The maximum Gasteiger partial charge on any atom is 0.228 e. The molecule has 6 heteroatoms. The molecule has 0 unspecified atom stereocenters. The second-order valence-electron chi connectivity index (χ2n) is 7.62. The van der Waals surface area contributed by atoms with Crippen LogP contribution in [-0.2, 0) is 11.2 Å². The van der Waals surface area contributed by atoms with Gasteiger partial charge in [-0.25, -0.2) is 8.78 Å². The summed E-state index contributed by atoms with van der Waals surface area (Å²) in [6.07, 6.45) is 5.22. The molecule has 2 atom stereocenters. The summed E-state index contributed by atoms with van der Waals surface area (Å²) >= 11 is 0. The minimum absolute atomic E-state index is 0.0496. The number of aromatic nitrogens is 2. The van der Waals surface area contributed by atoms with Crippen molar-refractivity contribution >= 4 is 16.7 Å². The lowest BCUT2D eigenvalue weighted by Crippen LogP contribution is -2.45. The number of fused-ring (bicyclic) bond motifs is 1. The van der Waals surface area contributed by atoms with Crippen molar-refractivity contribution in [1.82, 2.24) is 14.9 Å². The van der Waals surface area contributed by atoms with Crippen LogP contribution in [0.25, 0.3) is 21.9 Å². The highest BCUT2D eigenvalue weighted by molar-refractivity contribution is 5.88. The van der Waals surface area contributed by atoms with Crippen molar-refractivity contribution in [3.63, 3.8) is 0 Å². The zero-order valence-corrected chi connectivity index (χ0v) is 16.3. The molecule has 0 spiro atoms. The molecule has 2 aromatic heterocycles. The third-order valence-electron chi connectivity index (χ3n) is 5.70. The first-order valence-electron chi connectivity index (χ1n) is 9.95. The molecular weight excluding hydrogens is 372 g/mol. The highest BCUT2D eigenvalue weighted by Gasteiger charge is 2.30. The number of amides is 1. The maximum atomic E-state index is 14.2. The van der Waals surface area contributed by atoms with Gasteiger partial charge in [-0.1, -0.05) is 25.5 Å². The summed E-state index contributed by atoms with van der Waals surface area (Å²) in [5.41, 5.74) is 2.18. The van der Waals surface area contributed by atoms with Crippen LogP contribution in [0, 0.1) is 11.7 Å². The molecule has 4 rings (SSSR count). The van der Waals surface area contributed by atoms with Gasteiger partial charge in [-0.3, -0.25) is 14.8 Å². The highest BCUT2D eigenvalue weighted by atomic mass is 19.1. The van der Waals surface area contributed by atoms with Crippen molar-refractivity contribution in [3.05, 3.63) is 60.4 Å². The van der Waals surface area contributed by atoms with Gasteiger partial charge in [0, 0.05) is 29.9 Å². The van der Waals surface area contributed by atoms with Crippen LogP contribution in [-0.4, -0.2) is 40.0 Å². The number of hydrogen-bond acceptors (Lipinski definition) is 3. The highest BCUT2D eigenvalue weighted by Crippen LogP contribution is 2.26. The van der Waals surface area contributed by atoms with Crippen molar-refractivity contribution in [2.45, 2.75) is 32.4 Å². The molecule has 1 saturated heterocycles. The summed E-state index contributed by atoms with van der Waals surface area (Å²) in [5, 5.41) is 1.85. The van der Waals surface area contributed by atoms with E-state index in [9.17, 15) is 13.6 Å². The van der Waals surface area contributed by atoms with Gasteiger partial charge in [0.25, 0.3) is 0 Å². The van der Waals surface area contributed by atoms with Crippen LogP contribution >= 0.6 is 0 Å². The van der Waals surface area contributed by atoms with E-state index in [1.807, 2.05) is 31.2 Å². The molecule has 0 N–H and O–H groups in total. The summed E-state index contributed by atoms with van der Waals surface area (Å²) in [4.78, 5) is 22.5. The second-order valence-corrected chi connectivity index (χ2v) is 7.62. The number of piperidine rings is 1. The van der Waals surface area contributed by atoms with Gasteiger partial charge in [0.05, 0.1) is 24.9 Å². The van der Waals surface area contributed by atoms with Crippen molar-refractivity contribution in [2.24, 2.45) is 5.92 Å². The van der Waals surface area contributed by atoms with E-state index in [0.29, 0.717) is 24.2 Å². The number of carbonyl (C=O) groups is 1. The van der Waals surface area contributed by atoms with Gasteiger partial charge in [0.1, 0.15) is 12.0 Å². The number of halogens is 2. The van der Waals surface area contributed by atoms with Gasteiger partial charge in [-0.05, 0) is 41.5 Å². The zero-order chi connectivity index (χ0) is 20.4. The molecule has 1 aliphatic rings. The zero-order valence-electron chi connectivity index (χ0n) is 16.3. The smallest absolute Gasteiger partial charge is 0.228 e. The average molecular weight is 395 g/mol. The Bertz CT molecular complexity index is 1040. The first kappa shape index (κ1) is 19.4. The van der Waals surface area contributed by atoms with Crippen LogP contribution < -0.4 is 0 Å². The van der Waals surface area contributed by atoms with Crippen LogP contribution in [0.1, 0.15) is 25.5 Å². The molecule has 1 aromatic carbocycles. The van der Waals surface area contributed by atoms with Gasteiger partial charge < -0.3 is 4.90 Å². The van der Waals surface area contributed by atoms with E-state index < -0.39 is 6.17 Å². The number of hydrogen-bond donors (Lipinski definition) is 0. The van der Waals surface area contributed by atoms with E-state index in [1.165, 1.54) is 12.3 Å². The molecule has 0 bridgehead atoms. The topological polar surface area (TPSA) is 46.1 Å². The van der Waals surface area contributed by atoms with E-state index in [4.69, 9.17) is 0 Å². The van der Waals surface area contributed by atoms with Gasteiger partial charge in [-0.15, -0.1) is 0 Å². The molecule has 150 valence electrons. The SMILES string of the molecule is CC[C@H]1CCN(C(=O)Cc2cc3cc(-c4cncc(F)c4)ccc3cn2)C[C@@H]1F. The quantitative estimate of drug-likeness (QED) is 0.650. The van der Waals surface area contributed by atoms with Crippen molar-refractivity contribution in [1.29, 1.82) is 0 Å². The molecule has 4 nitrogen and oxygen atoms in total. The first-order chi connectivity index (χ1) is 14.0. The Morgan fingerprint density at radius 1 is 1.14 bits per heavy atom. The summed E-state index contributed by atoms with van der Waals surface area (Å²) in [5.74, 6) is -0.435. The molecule has 1 aliphatic heterocycles. The fourth-order valence-corrected chi connectivity index (χ4v) is 3.94. The van der Waals surface area contributed by atoms with Gasteiger partial charge in [-0.2, -0.15) is 0 Å². The number of carbonyl (C=O) groups excluding carboxylic acids is 1. The lowest BCUT2D eigenvalue weighted by Gasteiger charge is -2.34. The Balaban J connectivity index is 1.53. The minimum atomic E-state index is -0.954. The van der Waals surface area contributed by atoms with E-state index in [-0.39, 0.29) is 30.6 Å². The maximum absolute atomic E-state index is 14.2. The number of alkyl halides is 1. The van der Waals surface area contributed by atoms with E-state index in [0.717, 1.165) is 22.8 Å². The second kappa shape index (κ2) is 8.23. The van der Waals surface area contributed by atoms with Gasteiger partial charge in [0.2, 0.25) is 5.91 Å². The largest absolute Gasteiger partial charge is 0.339 e. The fourth-order valence-electron chi connectivity index (χ4n) is 3.94. The van der Waals surface area contributed by atoms with Crippen LogP contribution in [0.15, 0.2) is 48.9 Å². The lowest BCUT2D eigenvalue weighted by molar-refractivity contribution is -0.133. The predicted octanol–water partition coefficient (Wildman–Crippen LogP) is 4.58. The first-order valence-corrected chi connectivity index (χ1v) is 9.95. The fraction of sp³-hybridized carbons (Fsp3) is 0.348. The van der Waals surface area contributed by atoms with Gasteiger partial charge in [0.15, 0.2) is 0 Å². The molecule has 1 amide bonds. The molecule has 0 aliphatic carbocycles. The van der Waals surface area contributed by atoms with E-state index in [1.54, 1.807) is 17.3 Å². The Hall–Kier alpha value is -2.89. The Morgan fingerprint density at radius 3 is 2.76 bits per heavy atom. The Kier molecular flexibility index (Phi) is 5.51. The summed E-state index contributed by atoms with van der Waals surface area (Å²) in [6, 6.07) is 9.05. The normalized spacial score (nSPS) is 19.5. The predicted molar refractivity (Wildman–Crippen MR) is 109 cm³/mol. The molecular formula is C23H23F2N3O. The monoisotopic (exact) mass is 395 g/mol. The summed E-state index contributed by atoms with van der Waals surface area (Å²) < 4.78 is 27.7. The van der Waals surface area contributed by atoms with Crippen molar-refractivity contribution in [2.75, 3.05) is 13.1 Å². The molecule has 0 radical (unpaired) electrons. The lowest BCUT2D eigenvalue weighted by atomic mass is 9.92. The van der Waals surface area contributed by atoms with E-state index >= 15 is 0 Å². The molecule has 29 heavy (non-hydrogen) atoms.